The molecular formula is C12H14O3. The molecule has 0 saturated carbocycles. The predicted octanol–water partition coefficient (Wildman–Crippen LogP) is 1.97. The Bertz CT molecular complexity index is 341. The first-order valence-corrected chi connectivity index (χ1v) is 4.64. The molecule has 0 saturated heterocycles. The predicted molar refractivity (Wildman–Crippen MR) is 56.9 cm³/mol. The zero-order chi connectivity index (χ0) is 11.3. The van der Waals surface area contributed by atoms with Gasteiger partial charge in [-0.1, -0.05) is 36.9 Å². The van der Waals surface area contributed by atoms with E-state index in [1.807, 2.05) is 18.2 Å². The van der Waals surface area contributed by atoms with Crippen LogP contribution in [0.4, 0.5) is 0 Å². The fourth-order valence-electron chi connectivity index (χ4n) is 1.31. The summed E-state index contributed by atoms with van der Waals surface area (Å²) >= 11 is 0. The summed E-state index contributed by atoms with van der Waals surface area (Å²) in [5, 5.41) is 10.0. The van der Waals surface area contributed by atoms with Gasteiger partial charge in [-0.3, -0.25) is 4.79 Å². The summed E-state index contributed by atoms with van der Waals surface area (Å²) in [6.07, 6.45) is 0.965. The number of benzene rings is 1. The molecule has 3 nitrogen and oxygen atoms in total. The Balaban J connectivity index is 2.75. The molecule has 0 spiro atoms. The van der Waals surface area contributed by atoms with Gasteiger partial charge in [-0.2, -0.15) is 0 Å². The molecule has 0 aliphatic heterocycles. The minimum Gasteiger partial charge on any atom is -0.435 e. The van der Waals surface area contributed by atoms with Crippen LogP contribution < -0.4 is 0 Å². The SMILES string of the molecule is C=COC(=O)CC(C)(O)c1ccccc1. The van der Waals surface area contributed by atoms with Crippen LogP contribution in [0.5, 0.6) is 0 Å². The second-order valence-corrected chi connectivity index (χ2v) is 3.47. The standard InChI is InChI=1S/C12H14O3/c1-3-15-11(13)9-12(2,14)10-7-5-4-6-8-10/h3-8,14H,1,9H2,2H3. The third-order valence-corrected chi connectivity index (χ3v) is 2.10. The molecule has 0 aliphatic carbocycles. The highest BCUT2D eigenvalue weighted by molar-refractivity contribution is 5.71. The minimum absolute atomic E-state index is 0.0942. The molecule has 0 radical (unpaired) electrons. The molecule has 1 unspecified atom stereocenters. The molecule has 0 bridgehead atoms. The summed E-state index contributed by atoms with van der Waals surface area (Å²) in [5.74, 6) is -0.501. The zero-order valence-corrected chi connectivity index (χ0v) is 8.64. The van der Waals surface area contributed by atoms with E-state index in [9.17, 15) is 9.90 Å². The number of aliphatic hydroxyl groups is 1. The number of rotatable bonds is 4. The number of hydrogen-bond acceptors (Lipinski definition) is 3. The summed E-state index contributed by atoms with van der Waals surface area (Å²) in [5.41, 5.74) is -0.521. The maximum absolute atomic E-state index is 11.2. The molecule has 1 aromatic carbocycles. The smallest absolute Gasteiger partial charge is 0.313 e. The zero-order valence-electron chi connectivity index (χ0n) is 8.64. The third kappa shape index (κ3) is 3.22. The van der Waals surface area contributed by atoms with E-state index < -0.39 is 11.6 Å². The average Bonchev–Trinajstić information content (AvgIpc) is 2.18. The van der Waals surface area contributed by atoms with Crippen molar-refractivity contribution in [2.75, 3.05) is 0 Å². The summed E-state index contributed by atoms with van der Waals surface area (Å²) in [7, 11) is 0. The average molecular weight is 206 g/mol. The molecule has 0 heterocycles. The highest BCUT2D eigenvalue weighted by atomic mass is 16.5. The Labute approximate surface area is 89.0 Å². The van der Waals surface area contributed by atoms with Gasteiger partial charge < -0.3 is 9.84 Å². The summed E-state index contributed by atoms with van der Waals surface area (Å²) in [6, 6.07) is 9.00. The molecule has 0 fully saturated rings. The van der Waals surface area contributed by atoms with Gasteiger partial charge in [-0.15, -0.1) is 0 Å². The van der Waals surface area contributed by atoms with Crippen molar-refractivity contribution in [3.8, 4) is 0 Å². The van der Waals surface area contributed by atoms with Gasteiger partial charge in [0.05, 0.1) is 18.3 Å². The first-order valence-electron chi connectivity index (χ1n) is 4.64. The van der Waals surface area contributed by atoms with E-state index in [1.54, 1.807) is 19.1 Å². The molecule has 15 heavy (non-hydrogen) atoms. The van der Waals surface area contributed by atoms with Crippen LogP contribution in [0.3, 0.4) is 0 Å². The van der Waals surface area contributed by atoms with Crippen LogP contribution in [0.1, 0.15) is 18.9 Å². The van der Waals surface area contributed by atoms with Crippen molar-refractivity contribution >= 4 is 5.97 Å². The van der Waals surface area contributed by atoms with Crippen LogP contribution in [0, 0.1) is 0 Å². The van der Waals surface area contributed by atoms with Crippen LogP contribution >= 0.6 is 0 Å². The van der Waals surface area contributed by atoms with Gasteiger partial charge in [0, 0.05) is 0 Å². The lowest BCUT2D eigenvalue weighted by atomic mass is 9.93. The van der Waals surface area contributed by atoms with Crippen molar-refractivity contribution in [2.45, 2.75) is 18.9 Å². The van der Waals surface area contributed by atoms with Crippen molar-refractivity contribution in [1.82, 2.24) is 0 Å². The molecule has 80 valence electrons. The van der Waals surface area contributed by atoms with Gasteiger partial charge in [0.1, 0.15) is 0 Å². The minimum atomic E-state index is -1.21. The van der Waals surface area contributed by atoms with E-state index in [0.29, 0.717) is 5.56 Å². The van der Waals surface area contributed by atoms with Gasteiger partial charge in [0.2, 0.25) is 0 Å². The number of esters is 1. The Morgan fingerprint density at radius 3 is 2.67 bits per heavy atom. The maximum atomic E-state index is 11.2. The van der Waals surface area contributed by atoms with Gasteiger partial charge in [0.25, 0.3) is 0 Å². The van der Waals surface area contributed by atoms with E-state index in [2.05, 4.69) is 11.3 Å². The van der Waals surface area contributed by atoms with E-state index in [1.165, 1.54) is 0 Å². The van der Waals surface area contributed by atoms with Gasteiger partial charge in [-0.05, 0) is 12.5 Å². The van der Waals surface area contributed by atoms with Gasteiger partial charge >= 0.3 is 5.97 Å². The Kier molecular flexibility index (Phi) is 3.63. The molecular weight excluding hydrogens is 192 g/mol. The molecule has 1 rings (SSSR count). The highest BCUT2D eigenvalue weighted by Gasteiger charge is 2.26. The monoisotopic (exact) mass is 206 g/mol. The van der Waals surface area contributed by atoms with Crippen LogP contribution in [0.2, 0.25) is 0 Å². The van der Waals surface area contributed by atoms with Crippen LogP contribution in [-0.4, -0.2) is 11.1 Å². The molecule has 0 aromatic heterocycles. The van der Waals surface area contributed by atoms with Crippen LogP contribution in [-0.2, 0) is 15.1 Å². The topological polar surface area (TPSA) is 46.5 Å². The van der Waals surface area contributed by atoms with E-state index >= 15 is 0 Å². The number of ether oxygens (including phenoxy) is 1. The lowest BCUT2D eigenvalue weighted by molar-refractivity contribution is -0.143. The van der Waals surface area contributed by atoms with E-state index in [4.69, 9.17) is 0 Å². The summed E-state index contributed by atoms with van der Waals surface area (Å²) in [6.45, 7) is 4.85. The number of carbonyl (C=O) groups excluding carboxylic acids is 1. The maximum Gasteiger partial charge on any atom is 0.313 e. The van der Waals surface area contributed by atoms with Crippen molar-refractivity contribution in [3.63, 3.8) is 0 Å². The molecule has 3 heteroatoms. The van der Waals surface area contributed by atoms with Gasteiger partial charge in [0.15, 0.2) is 0 Å². The lowest BCUT2D eigenvalue weighted by Gasteiger charge is -2.22. The van der Waals surface area contributed by atoms with Gasteiger partial charge in [-0.25, -0.2) is 0 Å². The normalized spacial score (nSPS) is 14.0. The molecule has 0 aliphatic rings. The first-order chi connectivity index (χ1) is 7.06. The third-order valence-electron chi connectivity index (χ3n) is 2.10. The Morgan fingerprint density at radius 1 is 1.53 bits per heavy atom. The second kappa shape index (κ2) is 4.75. The number of carbonyl (C=O) groups is 1. The second-order valence-electron chi connectivity index (χ2n) is 3.47. The highest BCUT2D eigenvalue weighted by Crippen LogP contribution is 2.24. The summed E-state index contributed by atoms with van der Waals surface area (Å²) < 4.78 is 4.56. The van der Waals surface area contributed by atoms with E-state index in [-0.39, 0.29) is 6.42 Å². The lowest BCUT2D eigenvalue weighted by Crippen LogP contribution is -2.25. The Morgan fingerprint density at radius 2 is 2.13 bits per heavy atom. The largest absolute Gasteiger partial charge is 0.435 e. The number of hydrogen-bond donors (Lipinski definition) is 1. The first kappa shape index (κ1) is 11.5. The quantitative estimate of drug-likeness (QED) is 0.605. The summed E-state index contributed by atoms with van der Waals surface area (Å²) in [4.78, 5) is 11.2. The van der Waals surface area contributed by atoms with Crippen molar-refractivity contribution in [2.24, 2.45) is 0 Å². The fourth-order valence-corrected chi connectivity index (χ4v) is 1.31. The fraction of sp³-hybridized carbons (Fsp3) is 0.250. The van der Waals surface area contributed by atoms with Crippen LogP contribution in [0.15, 0.2) is 43.2 Å². The van der Waals surface area contributed by atoms with E-state index in [0.717, 1.165) is 6.26 Å². The van der Waals surface area contributed by atoms with Crippen molar-refractivity contribution < 1.29 is 14.6 Å². The molecule has 1 N–H and O–H groups in total. The Hall–Kier alpha value is -1.61. The van der Waals surface area contributed by atoms with Crippen molar-refractivity contribution in [3.05, 3.63) is 48.7 Å². The molecule has 1 atom stereocenters. The molecule has 0 amide bonds. The van der Waals surface area contributed by atoms with Crippen molar-refractivity contribution in [1.29, 1.82) is 0 Å². The van der Waals surface area contributed by atoms with Crippen LogP contribution in [0.25, 0.3) is 0 Å². The molecule has 1 aromatic rings.